The van der Waals surface area contributed by atoms with Crippen LogP contribution in [0.2, 0.25) is 0 Å². The predicted octanol–water partition coefficient (Wildman–Crippen LogP) is 2.92. The first-order valence-corrected chi connectivity index (χ1v) is 11.0. The number of carbonyl (C=O) groups is 2. The molecule has 1 fully saturated rings. The van der Waals surface area contributed by atoms with E-state index in [0.717, 1.165) is 12.1 Å². The monoisotopic (exact) mass is 521 g/mol. The van der Waals surface area contributed by atoms with Gasteiger partial charge < -0.3 is 29.7 Å². The number of halogens is 3. The molecule has 1 aromatic carbocycles. The Morgan fingerprint density at radius 3 is 2.49 bits per heavy atom. The lowest BCUT2D eigenvalue weighted by Gasteiger charge is -2.16. The lowest BCUT2D eigenvalue weighted by molar-refractivity contribution is -0.138. The zero-order valence-electron chi connectivity index (χ0n) is 19.6. The fraction of sp³-hybridized carbons (Fsp3) is 0.348. The second-order valence-electron chi connectivity index (χ2n) is 8.32. The molecule has 2 amide bonds. The van der Waals surface area contributed by atoms with Crippen LogP contribution >= 0.6 is 0 Å². The van der Waals surface area contributed by atoms with E-state index in [1.807, 2.05) is 0 Å². The van der Waals surface area contributed by atoms with Gasteiger partial charge in [-0.3, -0.25) is 9.59 Å². The highest BCUT2D eigenvalue weighted by Gasteiger charge is 2.51. The van der Waals surface area contributed by atoms with Gasteiger partial charge in [-0.15, -0.1) is 0 Å². The van der Waals surface area contributed by atoms with E-state index in [4.69, 9.17) is 14.0 Å². The Kier molecular flexibility index (Phi) is 7.03. The Hall–Kier alpha value is -4.20. The van der Waals surface area contributed by atoms with Gasteiger partial charge in [0.25, 0.3) is 11.8 Å². The standard InChI is InChI=1S/C23H22F3N5O6/c1-12(32)13-3-4-16(15(7-13)23(24,25)26)36-14-9-27-18(28-10-14)11-29-21(34)22(5-6-22)30-20(33)17-8-19(35-2)31-37-17/h3-4,7-10,12,32H,5-6,11H2,1-2H3,(H,29,34)(H,30,33). The molecule has 0 saturated heterocycles. The third kappa shape index (κ3) is 5.97. The fourth-order valence-electron chi connectivity index (χ4n) is 3.34. The van der Waals surface area contributed by atoms with E-state index >= 15 is 0 Å². The smallest absolute Gasteiger partial charge is 0.419 e. The number of hydrogen-bond donors (Lipinski definition) is 3. The maximum atomic E-state index is 13.5. The lowest BCUT2D eigenvalue weighted by Crippen LogP contribution is -2.48. The Bertz CT molecular complexity index is 1290. The molecule has 0 spiro atoms. The second-order valence-corrected chi connectivity index (χ2v) is 8.32. The van der Waals surface area contributed by atoms with E-state index in [-0.39, 0.29) is 35.3 Å². The molecule has 14 heteroatoms. The van der Waals surface area contributed by atoms with Crippen LogP contribution in [-0.4, -0.2) is 44.7 Å². The van der Waals surface area contributed by atoms with Crippen molar-refractivity contribution in [3.05, 3.63) is 59.4 Å². The first-order chi connectivity index (χ1) is 17.5. The summed E-state index contributed by atoms with van der Waals surface area (Å²) in [4.78, 5) is 33.0. The minimum Gasteiger partial charge on any atom is -0.479 e. The average Bonchev–Trinajstić information content (AvgIpc) is 3.47. The number of amides is 2. The van der Waals surface area contributed by atoms with Crippen LogP contribution in [0.1, 0.15) is 53.4 Å². The molecule has 3 aromatic rings. The molecule has 1 aliphatic rings. The topological polar surface area (TPSA) is 149 Å². The number of rotatable bonds is 9. The third-order valence-electron chi connectivity index (χ3n) is 5.57. The molecular weight excluding hydrogens is 499 g/mol. The van der Waals surface area contributed by atoms with E-state index < -0.39 is 40.9 Å². The summed E-state index contributed by atoms with van der Waals surface area (Å²) in [6.45, 7) is 1.26. The molecule has 3 N–H and O–H groups in total. The van der Waals surface area contributed by atoms with Gasteiger partial charge in [0.15, 0.2) is 5.75 Å². The molecule has 0 radical (unpaired) electrons. The molecule has 11 nitrogen and oxygen atoms in total. The van der Waals surface area contributed by atoms with Crippen LogP contribution in [0.4, 0.5) is 13.2 Å². The molecule has 196 valence electrons. The minimum absolute atomic E-state index is 0.0567. The number of nitrogens with zero attached hydrogens (tertiary/aromatic N) is 3. The number of aromatic nitrogens is 3. The molecule has 2 heterocycles. The molecule has 1 unspecified atom stereocenters. The van der Waals surface area contributed by atoms with Crippen LogP contribution in [-0.2, 0) is 17.5 Å². The number of aliphatic hydroxyl groups excluding tert-OH is 1. The summed E-state index contributed by atoms with van der Waals surface area (Å²) >= 11 is 0. The number of benzene rings is 1. The Morgan fingerprint density at radius 2 is 1.92 bits per heavy atom. The van der Waals surface area contributed by atoms with Crippen molar-refractivity contribution in [3.8, 4) is 17.4 Å². The van der Waals surface area contributed by atoms with Crippen molar-refractivity contribution >= 4 is 11.8 Å². The zero-order chi connectivity index (χ0) is 26.8. The van der Waals surface area contributed by atoms with E-state index in [1.54, 1.807) is 0 Å². The highest BCUT2D eigenvalue weighted by Crippen LogP contribution is 2.39. The van der Waals surface area contributed by atoms with Crippen LogP contribution < -0.4 is 20.1 Å². The zero-order valence-corrected chi connectivity index (χ0v) is 19.6. The van der Waals surface area contributed by atoms with Crippen LogP contribution in [0, 0.1) is 0 Å². The van der Waals surface area contributed by atoms with Crippen molar-refractivity contribution in [1.82, 2.24) is 25.8 Å². The van der Waals surface area contributed by atoms with Gasteiger partial charge >= 0.3 is 6.18 Å². The molecule has 4 rings (SSSR count). The highest BCUT2D eigenvalue weighted by molar-refractivity contribution is 5.99. The van der Waals surface area contributed by atoms with E-state index in [2.05, 4.69) is 25.8 Å². The number of ether oxygens (including phenoxy) is 2. The van der Waals surface area contributed by atoms with Crippen molar-refractivity contribution in [2.45, 2.75) is 44.1 Å². The molecule has 1 atom stereocenters. The number of carbonyl (C=O) groups excluding carboxylic acids is 2. The Labute approximate surface area is 208 Å². The van der Waals surface area contributed by atoms with Gasteiger partial charge in [-0.05, 0) is 42.6 Å². The quantitative estimate of drug-likeness (QED) is 0.386. The molecule has 37 heavy (non-hydrogen) atoms. The third-order valence-corrected chi connectivity index (χ3v) is 5.57. The van der Waals surface area contributed by atoms with Gasteiger partial charge in [0.1, 0.15) is 17.1 Å². The second kappa shape index (κ2) is 10.0. The first-order valence-electron chi connectivity index (χ1n) is 11.0. The maximum Gasteiger partial charge on any atom is 0.419 e. The fourth-order valence-corrected chi connectivity index (χ4v) is 3.34. The van der Waals surface area contributed by atoms with Gasteiger partial charge in [0, 0.05) is 0 Å². The van der Waals surface area contributed by atoms with Crippen LogP contribution in [0.15, 0.2) is 41.2 Å². The molecule has 0 aliphatic heterocycles. The van der Waals surface area contributed by atoms with Crippen LogP contribution in [0.5, 0.6) is 17.4 Å². The summed E-state index contributed by atoms with van der Waals surface area (Å²) in [6, 6.07) is 4.54. The van der Waals surface area contributed by atoms with Crippen LogP contribution in [0.3, 0.4) is 0 Å². The molecule has 2 aromatic heterocycles. The summed E-state index contributed by atoms with van der Waals surface area (Å²) in [5, 5.41) is 18.4. The molecular formula is C23H22F3N5O6. The lowest BCUT2D eigenvalue weighted by atomic mass is 10.1. The summed E-state index contributed by atoms with van der Waals surface area (Å²) in [5.74, 6) is -1.43. The van der Waals surface area contributed by atoms with Crippen molar-refractivity contribution in [1.29, 1.82) is 0 Å². The normalized spacial score (nSPS) is 15.0. The number of methoxy groups -OCH3 is 1. The number of alkyl halides is 3. The number of aliphatic hydroxyl groups is 1. The van der Waals surface area contributed by atoms with Crippen molar-refractivity contribution in [3.63, 3.8) is 0 Å². The van der Waals surface area contributed by atoms with Gasteiger partial charge in [-0.25, -0.2) is 9.97 Å². The van der Waals surface area contributed by atoms with Crippen molar-refractivity contribution < 1.29 is 41.9 Å². The predicted molar refractivity (Wildman–Crippen MR) is 119 cm³/mol. The van der Waals surface area contributed by atoms with E-state index in [0.29, 0.717) is 12.8 Å². The van der Waals surface area contributed by atoms with Gasteiger partial charge in [-0.1, -0.05) is 6.07 Å². The maximum absolute atomic E-state index is 13.5. The van der Waals surface area contributed by atoms with Crippen LogP contribution in [0.25, 0.3) is 0 Å². The van der Waals surface area contributed by atoms with Crippen molar-refractivity contribution in [2.75, 3.05) is 7.11 Å². The Balaban J connectivity index is 1.36. The summed E-state index contributed by atoms with van der Waals surface area (Å²) in [5.41, 5.74) is -2.07. The summed E-state index contributed by atoms with van der Waals surface area (Å²) in [7, 11) is 1.37. The summed E-state index contributed by atoms with van der Waals surface area (Å²) < 4.78 is 55.4. The number of hydrogen-bond acceptors (Lipinski definition) is 9. The van der Waals surface area contributed by atoms with Gasteiger partial charge in [0.05, 0.1) is 43.8 Å². The van der Waals surface area contributed by atoms with Crippen molar-refractivity contribution in [2.24, 2.45) is 0 Å². The number of nitrogens with one attached hydrogen (secondary N) is 2. The van der Waals surface area contributed by atoms with E-state index in [1.165, 1.54) is 38.6 Å². The average molecular weight is 521 g/mol. The first kappa shape index (κ1) is 25.9. The molecule has 1 aliphatic carbocycles. The highest BCUT2D eigenvalue weighted by atomic mass is 19.4. The largest absolute Gasteiger partial charge is 0.479 e. The minimum atomic E-state index is -4.71. The molecule has 1 saturated carbocycles. The SMILES string of the molecule is COc1cc(C(=O)NC2(C(=O)NCc3ncc(Oc4ccc(C(C)O)cc4C(F)(F)F)cn3)CC2)on1. The van der Waals surface area contributed by atoms with Gasteiger partial charge in [0.2, 0.25) is 11.7 Å². The van der Waals surface area contributed by atoms with Gasteiger partial charge in [-0.2, -0.15) is 13.2 Å². The Morgan fingerprint density at radius 1 is 1.22 bits per heavy atom. The van der Waals surface area contributed by atoms with E-state index in [9.17, 15) is 27.9 Å². The molecule has 0 bridgehead atoms. The summed E-state index contributed by atoms with van der Waals surface area (Å²) in [6.07, 6.45) is -2.62.